The van der Waals surface area contributed by atoms with E-state index in [1.54, 1.807) is 16.4 Å². The predicted octanol–water partition coefficient (Wildman–Crippen LogP) is 5.36. The first-order valence-electron chi connectivity index (χ1n) is 15.0. The van der Waals surface area contributed by atoms with Gasteiger partial charge in [-0.25, -0.2) is 13.2 Å². The molecule has 1 unspecified atom stereocenters. The van der Waals surface area contributed by atoms with E-state index >= 15 is 0 Å². The zero-order valence-electron chi connectivity index (χ0n) is 24.8. The van der Waals surface area contributed by atoms with Gasteiger partial charge in [0, 0.05) is 18.7 Å². The van der Waals surface area contributed by atoms with E-state index < -0.39 is 27.9 Å². The standard InChI is InChI=1S/C32H47N3O5S/c1-4-11-30(32(37)38)34-31(36)28-17-16-26(22-29(28)27-15-9-8-12-24(27)2)23-35(41(39,40)21-10-19-33-3)20-18-25-13-6-5-7-14-25/h8-9,12,15-17,22,25,30,33H,4-7,10-11,13-14,18-21,23H2,1-3H3,(H,34,36)(H,37,38). The average molecular weight is 586 g/mol. The zero-order chi connectivity index (χ0) is 29.8. The van der Waals surface area contributed by atoms with Crippen LogP contribution in [0.5, 0.6) is 0 Å². The van der Waals surface area contributed by atoms with Crippen molar-refractivity contribution in [1.29, 1.82) is 0 Å². The van der Waals surface area contributed by atoms with Crippen LogP contribution in [-0.4, -0.2) is 61.6 Å². The van der Waals surface area contributed by atoms with E-state index in [4.69, 9.17) is 0 Å². The van der Waals surface area contributed by atoms with Gasteiger partial charge in [-0.1, -0.05) is 75.8 Å². The summed E-state index contributed by atoms with van der Waals surface area (Å²) >= 11 is 0. The van der Waals surface area contributed by atoms with Crippen LogP contribution in [0.3, 0.4) is 0 Å². The number of benzene rings is 2. The molecule has 1 amide bonds. The number of carbonyl (C=O) groups excluding carboxylic acids is 1. The molecule has 3 N–H and O–H groups in total. The van der Waals surface area contributed by atoms with E-state index in [1.807, 2.05) is 51.2 Å². The van der Waals surface area contributed by atoms with E-state index in [2.05, 4.69) is 10.6 Å². The second-order valence-corrected chi connectivity index (χ2v) is 13.3. The molecule has 0 aromatic heterocycles. The van der Waals surface area contributed by atoms with E-state index in [0.29, 0.717) is 49.4 Å². The Labute approximate surface area is 246 Å². The predicted molar refractivity (Wildman–Crippen MR) is 164 cm³/mol. The minimum absolute atomic E-state index is 0.0810. The molecule has 41 heavy (non-hydrogen) atoms. The molecule has 0 heterocycles. The first-order valence-corrected chi connectivity index (χ1v) is 16.6. The number of amides is 1. The van der Waals surface area contributed by atoms with E-state index in [-0.39, 0.29) is 12.3 Å². The molecule has 226 valence electrons. The van der Waals surface area contributed by atoms with Crippen LogP contribution in [-0.2, 0) is 21.4 Å². The number of hydrogen-bond acceptors (Lipinski definition) is 5. The zero-order valence-corrected chi connectivity index (χ0v) is 25.6. The van der Waals surface area contributed by atoms with Gasteiger partial charge in [0.1, 0.15) is 6.04 Å². The Hall–Kier alpha value is -2.75. The average Bonchev–Trinajstić information content (AvgIpc) is 2.95. The second-order valence-electron chi connectivity index (χ2n) is 11.2. The molecule has 2 aromatic carbocycles. The Morgan fingerprint density at radius 1 is 1.07 bits per heavy atom. The van der Waals surface area contributed by atoms with Crippen molar-refractivity contribution in [2.45, 2.75) is 84.2 Å². The summed E-state index contributed by atoms with van der Waals surface area (Å²) in [6.45, 7) is 5.17. The molecular formula is C32H47N3O5S. The third-order valence-electron chi connectivity index (χ3n) is 8.04. The van der Waals surface area contributed by atoms with Gasteiger partial charge in [-0.05, 0) is 80.1 Å². The highest BCUT2D eigenvalue weighted by Crippen LogP contribution is 2.30. The topological polar surface area (TPSA) is 116 Å². The maximum Gasteiger partial charge on any atom is 0.326 e. The van der Waals surface area contributed by atoms with E-state index in [0.717, 1.165) is 36.0 Å². The molecule has 1 aliphatic rings. The molecular weight excluding hydrogens is 538 g/mol. The lowest BCUT2D eigenvalue weighted by Gasteiger charge is -2.27. The van der Waals surface area contributed by atoms with Crippen LogP contribution in [0.25, 0.3) is 11.1 Å². The Balaban J connectivity index is 1.95. The summed E-state index contributed by atoms with van der Waals surface area (Å²) in [5.74, 6) is -0.883. The first-order chi connectivity index (χ1) is 19.7. The van der Waals surface area contributed by atoms with E-state index in [9.17, 15) is 23.1 Å². The fraction of sp³-hybridized carbons (Fsp3) is 0.562. The van der Waals surface area contributed by atoms with Crippen LogP contribution >= 0.6 is 0 Å². The van der Waals surface area contributed by atoms with Crippen LogP contribution in [0.2, 0.25) is 0 Å². The van der Waals surface area contributed by atoms with Crippen molar-refractivity contribution in [2.24, 2.45) is 5.92 Å². The van der Waals surface area contributed by atoms with Crippen molar-refractivity contribution < 1.29 is 23.1 Å². The number of nitrogens with zero attached hydrogens (tertiary/aromatic N) is 1. The van der Waals surface area contributed by atoms with Gasteiger partial charge >= 0.3 is 5.97 Å². The van der Waals surface area contributed by atoms with Crippen molar-refractivity contribution in [3.8, 4) is 11.1 Å². The van der Waals surface area contributed by atoms with Crippen molar-refractivity contribution in [2.75, 3.05) is 25.9 Å². The molecule has 1 atom stereocenters. The van der Waals surface area contributed by atoms with Gasteiger partial charge in [0.05, 0.1) is 5.75 Å². The minimum Gasteiger partial charge on any atom is -0.480 e. The first kappa shape index (κ1) is 32.8. The molecule has 0 radical (unpaired) electrons. The molecule has 9 heteroatoms. The normalized spacial score (nSPS) is 15.1. The van der Waals surface area contributed by atoms with Crippen LogP contribution in [0.1, 0.15) is 86.2 Å². The summed E-state index contributed by atoms with van der Waals surface area (Å²) in [7, 11) is -1.67. The van der Waals surface area contributed by atoms with Crippen molar-refractivity contribution in [3.63, 3.8) is 0 Å². The largest absolute Gasteiger partial charge is 0.480 e. The Morgan fingerprint density at radius 3 is 2.46 bits per heavy atom. The van der Waals surface area contributed by atoms with Crippen LogP contribution < -0.4 is 10.6 Å². The fourth-order valence-electron chi connectivity index (χ4n) is 5.65. The summed E-state index contributed by atoms with van der Waals surface area (Å²) in [5.41, 5.74) is 3.65. The summed E-state index contributed by atoms with van der Waals surface area (Å²) in [5, 5.41) is 15.3. The summed E-state index contributed by atoms with van der Waals surface area (Å²) in [6.07, 6.45) is 8.35. The van der Waals surface area contributed by atoms with Crippen molar-refractivity contribution in [1.82, 2.24) is 14.9 Å². The number of aliphatic carboxylic acids is 1. The van der Waals surface area contributed by atoms with Crippen LogP contribution in [0.15, 0.2) is 42.5 Å². The molecule has 0 bridgehead atoms. The van der Waals surface area contributed by atoms with Crippen molar-refractivity contribution >= 4 is 21.9 Å². The van der Waals surface area contributed by atoms with Gasteiger partial charge in [-0.15, -0.1) is 0 Å². The lowest BCUT2D eigenvalue weighted by molar-refractivity contribution is -0.139. The minimum atomic E-state index is -3.49. The molecule has 0 aliphatic heterocycles. The van der Waals surface area contributed by atoms with Crippen molar-refractivity contribution in [3.05, 3.63) is 59.2 Å². The lowest BCUT2D eigenvalue weighted by Crippen LogP contribution is -2.40. The van der Waals surface area contributed by atoms with Gasteiger partial charge in [0.15, 0.2) is 0 Å². The monoisotopic (exact) mass is 585 g/mol. The van der Waals surface area contributed by atoms with Gasteiger partial charge in [0.25, 0.3) is 5.91 Å². The Bertz CT molecular complexity index is 1260. The lowest BCUT2D eigenvalue weighted by atomic mass is 9.87. The fourth-order valence-corrected chi connectivity index (χ4v) is 7.15. The molecule has 3 rings (SSSR count). The smallest absolute Gasteiger partial charge is 0.326 e. The highest BCUT2D eigenvalue weighted by atomic mass is 32.2. The van der Waals surface area contributed by atoms with Gasteiger partial charge in [0.2, 0.25) is 10.0 Å². The summed E-state index contributed by atoms with van der Waals surface area (Å²) < 4.78 is 28.6. The number of hydrogen-bond donors (Lipinski definition) is 3. The Morgan fingerprint density at radius 2 is 1.80 bits per heavy atom. The van der Waals surface area contributed by atoms with Gasteiger partial charge in [-0.3, -0.25) is 4.79 Å². The number of rotatable bonds is 16. The SMILES string of the molecule is CCCC(NC(=O)c1ccc(CN(CCC2CCCCC2)S(=O)(=O)CCCNC)cc1-c1ccccc1C)C(=O)O. The third-order valence-corrected chi connectivity index (χ3v) is 9.94. The highest BCUT2D eigenvalue weighted by molar-refractivity contribution is 7.89. The molecule has 1 fully saturated rings. The van der Waals surface area contributed by atoms with Gasteiger partial charge < -0.3 is 15.7 Å². The number of carboxylic acids is 1. The van der Waals surface area contributed by atoms with Gasteiger partial charge in [-0.2, -0.15) is 4.31 Å². The quantitative estimate of drug-likeness (QED) is 0.229. The maximum atomic E-state index is 13.5. The molecule has 0 spiro atoms. The molecule has 1 saturated carbocycles. The van der Waals surface area contributed by atoms with Crippen LogP contribution in [0, 0.1) is 12.8 Å². The summed E-state index contributed by atoms with van der Waals surface area (Å²) in [4.78, 5) is 25.1. The Kier molecular flexibility index (Phi) is 12.8. The highest BCUT2D eigenvalue weighted by Gasteiger charge is 2.26. The maximum absolute atomic E-state index is 13.5. The second kappa shape index (κ2) is 16.0. The molecule has 8 nitrogen and oxygen atoms in total. The van der Waals surface area contributed by atoms with Crippen LogP contribution in [0.4, 0.5) is 0 Å². The number of carboxylic acid groups (broad SMARTS) is 1. The molecule has 2 aromatic rings. The number of nitrogens with one attached hydrogen (secondary N) is 2. The van der Waals surface area contributed by atoms with E-state index in [1.165, 1.54) is 19.3 Å². The summed E-state index contributed by atoms with van der Waals surface area (Å²) in [6, 6.07) is 12.1. The molecule has 1 aliphatic carbocycles. The number of carbonyl (C=O) groups is 2. The third kappa shape index (κ3) is 9.65. The molecule has 0 saturated heterocycles. The number of sulfonamides is 1. The number of aryl methyl sites for hydroxylation is 1.